The maximum atomic E-state index is 12.5. The summed E-state index contributed by atoms with van der Waals surface area (Å²) < 4.78 is 28.2. The molecule has 0 spiro atoms. The van der Waals surface area contributed by atoms with Gasteiger partial charge in [-0.1, -0.05) is 43.4 Å². The van der Waals surface area contributed by atoms with Crippen LogP contribution >= 0.6 is 0 Å². The lowest BCUT2D eigenvalue weighted by Gasteiger charge is -2.28. The summed E-state index contributed by atoms with van der Waals surface area (Å²) in [5.41, 5.74) is 0.980. The topological polar surface area (TPSA) is 107 Å². The molecule has 194 valence electrons. The highest BCUT2D eigenvalue weighted by atomic mass is 16.7. The Balaban J connectivity index is 1.44. The van der Waals surface area contributed by atoms with Crippen molar-refractivity contribution in [1.82, 2.24) is 0 Å². The molecule has 0 radical (unpaired) electrons. The van der Waals surface area contributed by atoms with Crippen molar-refractivity contribution in [3.63, 3.8) is 0 Å². The fourth-order valence-electron chi connectivity index (χ4n) is 5.01. The zero-order chi connectivity index (χ0) is 24.8. The van der Waals surface area contributed by atoms with Crippen LogP contribution in [0.5, 0.6) is 0 Å². The molecule has 2 saturated heterocycles. The van der Waals surface area contributed by atoms with E-state index in [1.54, 1.807) is 12.2 Å². The van der Waals surface area contributed by atoms with E-state index in [1.807, 2.05) is 6.08 Å². The van der Waals surface area contributed by atoms with Crippen LogP contribution in [0.1, 0.15) is 45.4 Å². The van der Waals surface area contributed by atoms with Crippen molar-refractivity contribution in [1.29, 1.82) is 0 Å². The standard InChI is InChI=1S/C27H38O8/c1-17-13-18(2)15-22(29)27-24(35-27)16-23(21(28)9-10-26-31-11-12-32-26)34-25(30)8-4-6-19-5-3-7-20(14-17)33-19/h3-5,8-10,17,19-24,26-29H,2,6-7,11-16H2,1H3/t17-,19-,20-,21-,22-,23?,24-,27-/m0/s1. The summed E-state index contributed by atoms with van der Waals surface area (Å²) in [5, 5.41) is 21.4. The Morgan fingerprint density at radius 2 is 1.91 bits per heavy atom. The van der Waals surface area contributed by atoms with Crippen LogP contribution in [0, 0.1) is 5.92 Å². The van der Waals surface area contributed by atoms with Crippen molar-refractivity contribution in [2.45, 2.75) is 94.5 Å². The molecule has 0 aromatic carbocycles. The van der Waals surface area contributed by atoms with Gasteiger partial charge in [0.05, 0.1) is 37.6 Å². The number of ether oxygens (including phenoxy) is 5. The minimum absolute atomic E-state index is 0.0924. The number of rotatable bonds is 3. The summed E-state index contributed by atoms with van der Waals surface area (Å²) >= 11 is 0. The lowest BCUT2D eigenvalue weighted by molar-refractivity contribution is -0.148. The largest absolute Gasteiger partial charge is 0.456 e. The Labute approximate surface area is 207 Å². The second kappa shape index (κ2) is 12.4. The summed E-state index contributed by atoms with van der Waals surface area (Å²) in [7, 11) is 0. The molecule has 1 unspecified atom stereocenters. The number of carbonyl (C=O) groups excluding carboxylic acids is 1. The van der Waals surface area contributed by atoms with Gasteiger partial charge < -0.3 is 33.9 Å². The second-order valence-electron chi connectivity index (χ2n) is 10.0. The molecule has 8 atom stereocenters. The van der Waals surface area contributed by atoms with E-state index in [0.717, 1.165) is 24.8 Å². The first-order valence-electron chi connectivity index (χ1n) is 12.7. The molecule has 0 amide bonds. The van der Waals surface area contributed by atoms with E-state index in [1.165, 1.54) is 12.2 Å². The smallest absolute Gasteiger partial charge is 0.330 e. The van der Waals surface area contributed by atoms with E-state index in [-0.39, 0.29) is 30.8 Å². The predicted octanol–water partition coefficient (Wildman–Crippen LogP) is 2.74. The molecule has 0 aromatic rings. The maximum Gasteiger partial charge on any atom is 0.330 e. The summed E-state index contributed by atoms with van der Waals surface area (Å²) in [6, 6.07) is 0. The van der Waals surface area contributed by atoms with Gasteiger partial charge in [0, 0.05) is 12.5 Å². The van der Waals surface area contributed by atoms with Gasteiger partial charge in [0.1, 0.15) is 18.3 Å². The molecule has 2 fully saturated rings. The number of carbonyl (C=O) groups is 1. The van der Waals surface area contributed by atoms with E-state index in [9.17, 15) is 15.0 Å². The number of fused-ring (bicyclic) bond motifs is 3. The van der Waals surface area contributed by atoms with Gasteiger partial charge in [-0.3, -0.25) is 0 Å². The Bertz CT molecular complexity index is 814. The average Bonchev–Trinajstić information content (AvgIpc) is 3.38. The maximum absolute atomic E-state index is 12.5. The quantitative estimate of drug-likeness (QED) is 0.353. The number of hydrogen-bond acceptors (Lipinski definition) is 8. The van der Waals surface area contributed by atoms with Crippen LogP contribution in [-0.4, -0.2) is 78.4 Å². The number of aliphatic hydroxyl groups excluding tert-OH is 2. The molecule has 35 heavy (non-hydrogen) atoms. The zero-order valence-corrected chi connectivity index (χ0v) is 20.4. The Kier molecular flexibility index (Phi) is 9.33. The van der Waals surface area contributed by atoms with Gasteiger partial charge in [0.15, 0.2) is 6.29 Å². The minimum Gasteiger partial charge on any atom is -0.456 e. The lowest BCUT2D eigenvalue weighted by Crippen LogP contribution is -2.32. The fourth-order valence-corrected chi connectivity index (χ4v) is 5.01. The number of epoxide rings is 1. The van der Waals surface area contributed by atoms with Crippen molar-refractivity contribution in [3.05, 3.63) is 48.6 Å². The molecular weight excluding hydrogens is 452 g/mol. The number of hydrogen-bond donors (Lipinski definition) is 2. The highest BCUT2D eigenvalue weighted by Gasteiger charge is 2.46. The molecule has 8 nitrogen and oxygen atoms in total. The van der Waals surface area contributed by atoms with E-state index in [0.29, 0.717) is 32.0 Å². The predicted molar refractivity (Wildman–Crippen MR) is 128 cm³/mol. The molecule has 0 aliphatic carbocycles. The van der Waals surface area contributed by atoms with Gasteiger partial charge in [0.25, 0.3) is 0 Å². The van der Waals surface area contributed by atoms with Crippen molar-refractivity contribution >= 4 is 5.97 Å². The summed E-state index contributed by atoms with van der Waals surface area (Å²) in [4.78, 5) is 12.5. The molecule has 4 aliphatic heterocycles. The molecule has 2 bridgehead atoms. The summed E-state index contributed by atoms with van der Waals surface area (Å²) in [6.45, 7) is 7.34. The van der Waals surface area contributed by atoms with Crippen molar-refractivity contribution in [2.75, 3.05) is 13.2 Å². The first-order valence-corrected chi connectivity index (χ1v) is 12.7. The van der Waals surface area contributed by atoms with Crippen molar-refractivity contribution in [3.8, 4) is 0 Å². The summed E-state index contributed by atoms with van der Waals surface area (Å²) in [6.07, 6.45) is 10.5. The zero-order valence-electron chi connectivity index (χ0n) is 20.4. The third-order valence-corrected chi connectivity index (χ3v) is 6.77. The Morgan fingerprint density at radius 3 is 2.71 bits per heavy atom. The fraction of sp³-hybridized carbons (Fsp3) is 0.667. The van der Waals surface area contributed by atoms with Gasteiger partial charge in [0.2, 0.25) is 0 Å². The van der Waals surface area contributed by atoms with Crippen LogP contribution in [0.3, 0.4) is 0 Å². The first kappa shape index (κ1) is 26.3. The molecule has 0 saturated carbocycles. The van der Waals surface area contributed by atoms with Gasteiger partial charge >= 0.3 is 5.97 Å². The SMILES string of the molecule is C=C1C[C@H](C)C[C@@H]2CC=C[C@@H](CC=CC(=O)OC([C@@H](O)C=CC3OCCO3)C[C@@H]3O[C@H]3[C@@H](O)C1)O2. The Morgan fingerprint density at radius 1 is 1.11 bits per heavy atom. The molecule has 8 heteroatoms. The van der Waals surface area contributed by atoms with Gasteiger partial charge in [-0.15, -0.1) is 0 Å². The van der Waals surface area contributed by atoms with E-state index >= 15 is 0 Å². The molecule has 0 aromatic heterocycles. The molecular formula is C27H38O8. The molecule has 4 heterocycles. The van der Waals surface area contributed by atoms with Crippen LogP contribution in [0.25, 0.3) is 0 Å². The van der Waals surface area contributed by atoms with Gasteiger partial charge in [-0.05, 0) is 44.1 Å². The number of aliphatic hydroxyl groups is 2. The normalized spacial score (nSPS) is 38.5. The van der Waals surface area contributed by atoms with Crippen LogP contribution in [0.4, 0.5) is 0 Å². The van der Waals surface area contributed by atoms with E-state index < -0.39 is 30.6 Å². The first-order chi connectivity index (χ1) is 16.9. The number of cyclic esters (lactones) is 1. The van der Waals surface area contributed by atoms with Gasteiger partial charge in [-0.2, -0.15) is 0 Å². The van der Waals surface area contributed by atoms with E-state index in [2.05, 4.69) is 19.6 Å². The van der Waals surface area contributed by atoms with Crippen LogP contribution in [0.2, 0.25) is 0 Å². The summed E-state index contributed by atoms with van der Waals surface area (Å²) in [5.74, 6) is -0.167. The van der Waals surface area contributed by atoms with E-state index in [4.69, 9.17) is 23.7 Å². The minimum atomic E-state index is -1.08. The average molecular weight is 491 g/mol. The second-order valence-corrected chi connectivity index (χ2v) is 10.0. The monoisotopic (exact) mass is 490 g/mol. The number of esters is 1. The molecule has 2 N–H and O–H groups in total. The van der Waals surface area contributed by atoms with Crippen molar-refractivity contribution in [2.24, 2.45) is 5.92 Å². The van der Waals surface area contributed by atoms with Crippen LogP contribution in [-0.2, 0) is 28.5 Å². The van der Waals surface area contributed by atoms with Crippen LogP contribution in [0.15, 0.2) is 48.6 Å². The Hall–Kier alpha value is -1.81. The highest BCUT2D eigenvalue weighted by molar-refractivity contribution is 5.82. The third kappa shape index (κ3) is 8.10. The molecule has 4 aliphatic rings. The lowest BCUT2D eigenvalue weighted by atomic mass is 9.91. The van der Waals surface area contributed by atoms with Crippen LogP contribution < -0.4 is 0 Å². The highest BCUT2D eigenvalue weighted by Crippen LogP contribution is 2.34. The van der Waals surface area contributed by atoms with Gasteiger partial charge in [-0.25, -0.2) is 4.79 Å². The third-order valence-electron chi connectivity index (χ3n) is 6.77. The molecule has 4 rings (SSSR count). The van der Waals surface area contributed by atoms with Crippen molar-refractivity contribution < 1.29 is 38.7 Å².